The van der Waals surface area contributed by atoms with Gasteiger partial charge in [-0.15, -0.1) is 0 Å². The molecule has 1 fully saturated rings. The van der Waals surface area contributed by atoms with Gasteiger partial charge in [-0.1, -0.05) is 38.5 Å². The molecular formula is C24H31N3O5S. The second kappa shape index (κ2) is 10.8. The van der Waals surface area contributed by atoms with Crippen LogP contribution < -0.4 is 10.1 Å². The summed E-state index contributed by atoms with van der Waals surface area (Å²) in [6, 6.07) is 14.4. The Morgan fingerprint density at radius 2 is 1.61 bits per heavy atom. The minimum atomic E-state index is -3.66. The van der Waals surface area contributed by atoms with Crippen molar-refractivity contribution in [2.75, 3.05) is 33.3 Å². The molecule has 0 aromatic heterocycles. The van der Waals surface area contributed by atoms with Crippen molar-refractivity contribution < 1.29 is 22.7 Å². The number of amides is 2. The monoisotopic (exact) mass is 473 g/mol. The number of nitrogens with one attached hydrogen (secondary N) is 1. The molecule has 1 saturated heterocycles. The Kier molecular flexibility index (Phi) is 8.10. The molecule has 2 amide bonds. The SMILES string of the molecule is CC[C@H](C)[C@H](NC(=O)c1ccccc1)C(=O)N1CCN(S(=O)(=O)c2ccc(OC)cc2)CC1. The van der Waals surface area contributed by atoms with Gasteiger partial charge in [-0.25, -0.2) is 8.42 Å². The van der Waals surface area contributed by atoms with E-state index in [0.717, 1.165) is 6.42 Å². The van der Waals surface area contributed by atoms with Gasteiger partial charge in [0.15, 0.2) is 0 Å². The van der Waals surface area contributed by atoms with Gasteiger partial charge in [-0.3, -0.25) is 9.59 Å². The average molecular weight is 474 g/mol. The Bertz CT molecular complexity index is 1050. The number of piperazine rings is 1. The van der Waals surface area contributed by atoms with Crippen LogP contribution in [0.2, 0.25) is 0 Å². The first-order valence-corrected chi connectivity index (χ1v) is 12.5. The van der Waals surface area contributed by atoms with Crippen molar-refractivity contribution in [3.8, 4) is 5.75 Å². The van der Waals surface area contributed by atoms with Gasteiger partial charge in [0.2, 0.25) is 15.9 Å². The predicted molar refractivity (Wildman–Crippen MR) is 125 cm³/mol. The molecule has 33 heavy (non-hydrogen) atoms. The molecule has 0 aliphatic carbocycles. The van der Waals surface area contributed by atoms with Gasteiger partial charge in [0.1, 0.15) is 11.8 Å². The van der Waals surface area contributed by atoms with E-state index in [2.05, 4.69) is 5.32 Å². The highest BCUT2D eigenvalue weighted by Gasteiger charge is 2.35. The summed E-state index contributed by atoms with van der Waals surface area (Å²) in [6.07, 6.45) is 0.720. The third-order valence-electron chi connectivity index (χ3n) is 6.05. The van der Waals surface area contributed by atoms with Crippen LogP contribution in [0.1, 0.15) is 30.6 Å². The normalized spacial score (nSPS) is 16.6. The summed E-state index contributed by atoms with van der Waals surface area (Å²) >= 11 is 0. The van der Waals surface area contributed by atoms with Crippen LogP contribution in [0.4, 0.5) is 0 Å². The quantitative estimate of drug-likeness (QED) is 0.635. The highest BCUT2D eigenvalue weighted by atomic mass is 32.2. The van der Waals surface area contributed by atoms with E-state index in [4.69, 9.17) is 4.74 Å². The minimum Gasteiger partial charge on any atom is -0.497 e. The van der Waals surface area contributed by atoms with Crippen molar-refractivity contribution in [1.29, 1.82) is 0 Å². The summed E-state index contributed by atoms with van der Waals surface area (Å²) < 4.78 is 32.4. The van der Waals surface area contributed by atoms with Crippen LogP contribution in [0.25, 0.3) is 0 Å². The summed E-state index contributed by atoms with van der Waals surface area (Å²) in [7, 11) is -2.14. The van der Waals surface area contributed by atoms with E-state index in [1.165, 1.54) is 23.5 Å². The zero-order valence-corrected chi connectivity index (χ0v) is 20.0. The molecule has 1 aliphatic heterocycles. The maximum Gasteiger partial charge on any atom is 0.251 e. The van der Waals surface area contributed by atoms with Crippen LogP contribution in [-0.2, 0) is 14.8 Å². The lowest BCUT2D eigenvalue weighted by atomic mass is 9.97. The van der Waals surface area contributed by atoms with Gasteiger partial charge in [0, 0.05) is 31.7 Å². The summed E-state index contributed by atoms with van der Waals surface area (Å²) in [5, 5.41) is 2.89. The third kappa shape index (κ3) is 5.72. The zero-order chi connectivity index (χ0) is 24.0. The zero-order valence-electron chi connectivity index (χ0n) is 19.2. The third-order valence-corrected chi connectivity index (χ3v) is 7.96. The van der Waals surface area contributed by atoms with E-state index < -0.39 is 16.1 Å². The molecule has 1 heterocycles. The Morgan fingerprint density at radius 3 is 2.15 bits per heavy atom. The molecule has 178 valence electrons. The molecule has 0 saturated carbocycles. The van der Waals surface area contributed by atoms with Gasteiger partial charge in [-0.2, -0.15) is 4.31 Å². The molecule has 0 bridgehead atoms. The van der Waals surface area contributed by atoms with Gasteiger partial charge >= 0.3 is 0 Å². The molecular weight excluding hydrogens is 442 g/mol. The fourth-order valence-corrected chi connectivity index (χ4v) is 5.16. The smallest absolute Gasteiger partial charge is 0.251 e. The number of methoxy groups -OCH3 is 1. The topological polar surface area (TPSA) is 96.0 Å². The summed E-state index contributed by atoms with van der Waals surface area (Å²) in [5.41, 5.74) is 0.494. The fraction of sp³-hybridized carbons (Fsp3) is 0.417. The van der Waals surface area contributed by atoms with Crippen LogP contribution >= 0.6 is 0 Å². The molecule has 0 radical (unpaired) electrons. The minimum absolute atomic E-state index is 0.0637. The van der Waals surface area contributed by atoms with E-state index in [1.54, 1.807) is 41.3 Å². The van der Waals surface area contributed by atoms with Crippen LogP contribution in [-0.4, -0.2) is 68.8 Å². The molecule has 2 aromatic rings. The first-order valence-electron chi connectivity index (χ1n) is 11.1. The van der Waals surface area contributed by atoms with Crippen LogP contribution in [0.5, 0.6) is 5.75 Å². The molecule has 1 N–H and O–H groups in total. The van der Waals surface area contributed by atoms with Crippen LogP contribution in [0.3, 0.4) is 0 Å². The van der Waals surface area contributed by atoms with Gasteiger partial charge in [0.25, 0.3) is 5.91 Å². The maximum absolute atomic E-state index is 13.3. The van der Waals surface area contributed by atoms with Crippen molar-refractivity contribution in [3.63, 3.8) is 0 Å². The Morgan fingerprint density at radius 1 is 1.00 bits per heavy atom. The predicted octanol–water partition coefficient (Wildman–Crippen LogP) is 2.37. The Labute approximate surface area is 195 Å². The van der Waals surface area contributed by atoms with Gasteiger partial charge in [-0.05, 0) is 42.3 Å². The molecule has 2 atom stereocenters. The molecule has 3 rings (SSSR count). The highest BCUT2D eigenvalue weighted by molar-refractivity contribution is 7.89. The number of hydrogen-bond donors (Lipinski definition) is 1. The largest absolute Gasteiger partial charge is 0.497 e. The summed E-state index contributed by atoms with van der Waals surface area (Å²) in [5.74, 6) is 0.0364. The van der Waals surface area contributed by atoms with Crippen molar-refractivity contribution in [2.24, 2.45) is 5.92 Å². The van der Waals surface area contributed by atoms with Crippen LogP contribution in [0.15, 0.2) is 59.5 Å². The summed E-state index contributed by atoms with van der Waals surface area (Å²) in [6.45, 7) is 4.82. The number of carbonyl (C=O) groups is 2. The van der Waals surface area contributed by atoms with E-state index in [1.807, 2.05) is 19.9 Å². The average Bonchev–Trinajstić information content (AvgIpc) is 2.86. The van der Waals surface area contributed by atoms with E-state index in [-0.39, 0.29) is 48.8 Å². The standard InChI is InChI=1S/C24H31N3O5S/c1-4-18(2)22(25-23(28)19-8-6-5-7-9-19)24(29)26-14-16-27(17-15-26)33(30,31)21-12-10-20(32-3)11-13-21/h5-13,18,22H,4,14-17H2,1-3H3,(H,25,28)/t18-,22-/m0/s1. The molecule has 1 aliphatic rings. The number of nitrogens with zero attached hydrogens (tertiary/aromatic N) is 2. The molecule has 8 nitrogen and oxygen atoms in total. The van der Waals surface area contributed by atoms with Crippen molar-refractivity contribution in [3.05, 3.63) is 60.2 Å². The van der Waals surface area contributed by atoms with Crippen molar-refractivity contribution >= 4 is 21.8 Å². The number of carbonyl (C=O) groups excluding carboxylic acids is 2. The summed E-state index contributed by atoms with van der Waals surface area (Å²) in [4.78, 5) is 27.8. The maximum atomic E-state index is 13.3. The molecule has 9 heteroatoms. The number of sulfonamides is 1. The van der Waals surface area contributed by atoms with Crippen LogP contribution in [0, 0.1) is 5.92 Å². The van der Waals surface area contributed by atoms with Crippen molar-refractivity contribution in [1.82, 2.24) is 14.5 Å². The first-order chi connectivity index (χ1) is 15.8. The first kappa shape index (κ1) is 24.7. The molecule has 0 spiro atoms. The number of ether oxygens (including phenoxy) is 1. The Hall–Kier alpha value is -2.91. The molecule has 2 aromatic carbocycles. The number of rotatable bonds is 8. The molecule has 0 unspecified atom stereocenters. The van der Waals surface area contributed by atoms with Crippen molar-refractivity contribution in [2.45, 2.75) is 31.2 Å². The lowest BCUT2D eigenvalue weighted by Crippen LogP contribution is -2.57. The van der Waals surface area contributed by atoms with Gasteiger partial charge < -0.3 is 15.0 Å². The van der Waals surface area contributed by atoms with E-state index >= 15 is 0 Å². The van der Waals surface area contributed by atoms with E-state index in [9.17, 15) is 18.0 Å². The lowest BCUT2D eigenvalue weighted by Gasteiger charge is -2.37. The lowest BCUT2D eigenvalue weighted by molar-refractivity contribution is -0.135. The van der Waals surface area contributed by atoms with E-state index in [0.29, 0.717) is 11.3 Å². The number of benzene rings is 2. The number of hydrogen-bond acceptors (Lipinski definition) is 5. The Balaban J connectivity index is 1.67. The fourth-order valence-electron chi connectivity index (χ4n) is 3.74. The second-order valence-electron chi connectivity index (χ2n) is 8.11. The van der Waals surface area contributed by atoms with Gasteiger partial charge in [0.05, 0.1) is 12.0 Å². The second-order valence-corrected chi connectivity index (χ2v) is 10.0. The highest BCUT2D eigenvalue weighted by Crippen LogP contribution is 2.21.